The predicted octanol–water partition coefficient (Wildman–Crippen LogP) is 5.10. The minimum Gasteiger partial charge on any atom is -0.488 e. The van der Waals surface area contributed by atoms with E-state index in [0.29, 0.717) is 17.0 Å². The summed E-state index contributed by atoms with van der Waals surface area (Å²) in [5.41, 5.74) is 1.94. The standard InChI is InChI=1S/C23H18FNO2/c24-22-10-3-1-8-19(22)17-27-23-11-4-2-7-18(23)12-14-21(26)15-13-20-9-5-6-16-25-20/h1-16H,17H2. The van der Waals surface area contributed by atoms with Crippen molar-refractivity contribution in [2.45, 2.75) is 6.61 Å². The first-order valence-electron chi connectivity index (χ1n) is 8.49. The van der Waals surface area contributed by atoms with Crippen molar-refractivity contribution in [2.75, 3.05) is 0 Å². The topological polar surface area (TPSA) is 39.2 Å². The molecule has 1 heterocycles. The van der Waals surface area contributed by atoms with Gasteiger partial charge in [-0.3, -0.25) is 9.78 Å². The number of ether oxygens (including phenoxy) is 1. The van der Waals surface area contributed by atoms with Gasteiger partial charge >= 0.3 is 0 Å². The summed E-state index contributed by atoms with van der Waals surface area (Å²) in [4.78, 5) is 16.2. The molecule has 4 heteroatoms. The number of benzene rings is 2. The molecular weight excluding hydrogens is 341 g/mol. The lowest BCUT2D eigenvalue weighted by atomic mass is 10.1. The van der Waals surface area contributed by atoms with E-state index in [2.05, 4.69) is 4.98 Å². The van der Waals surface area contributed by atoms with Gasteiger partial charge in [0.05, 0.1) is 5.69 Å². The van der Waals surface area contributed by atoms with E-state index in [9.17, 15) is 9.18 Å². The van der Waals surface area contributed by atoms with E-state index in [-0.39, 0.29) is 18.2 Å². The molecule has 0 saturated heterocycles. The van der Waals surface area contributed by atoms with E-state index < -0.39 is 0 Å². The van der Waals surface area contributed by atoms with E-state index in [4.69, 9.17) is 4.74 Å². The van der Waals surface area contributed by atoms with Gasteiger partial charge in [0.2, 0.25) is 0 Å². The summed E-state index contributed by atoms with van der Waals surface area (Å²) in [5, 5.41) is 0. The highest BCUT2D eigenvalue weighted by Crippen LogP contribution is 2.21. The van der Waals surface area contributed by atoms with E-state index in [1.807, 2.05) is 36.4 Å². The van der Waals surface area contributed by atoms with Crippen molar-refractivity contribution in [1.82, 2.24) is 4.98 Å². The summed E-state index contributed by atoms with van der Waals surface area (Å²) in [7, 11) is 0. The molecule has 0 aliphatic rings. The Bertz CT molecular complexity index is 965. The molecule has 3 rings (SSSR count). The Morgan fingerprint density at radius 1 is 0.926 bits per heavy atom. The molecule has 0 fully saturated rings. The molecule has 0 atom stereocenters. The van der Waals surface area contributed by atoms with E-state index in [0.717, 1.165) is 5.56 Å². The number of aromatic nitrogens is 1. The van der Waals surface area contributed by atoms with Gasteiger partial charge in [-0.05, 0) is 48.6 Å². The maximum atomic E-state index is 13.7. The Balaban J connectivity index is 1.66. The normalized spacial score (nSPS) is 11.1. The first kappa shape index (κ1) is 18.3. The highest BCUT2D eigenvalue weighted by atomic mass is 19.1. The van der Waals surface area contributed by atoms with Gasteiger partial charge < -0.3 is 4.74 Å². The first-order valence-corrected chi connectivity index (χ1v) is 8.49. The predicted molar refractivity (Wildman–Crippen MR) is 104 cm³/mol. The summed E-state index contributed by atoms with van der Waals surface area (Å²) < 4.78 is 19.5. The molecule has 134 valence electrons. The van der Waals surface area contributed by atoms with Crippen molar-refractivity contribution in [1.29, 1.82) is 0 Å². The van der Waals surface area contributed by atoms with Crippen LogP contribution in [0.4, 0.5) is 4.39 Å². The summed E-state index contributed by atoms with van der Waals surface area (Å²) >= 11 is 0. The van der Waals surface area contributed by atoms with Gasteiger partial charge in [0.15, 0.2) is 5.78 Å². The van der Waals surface area contributed by atoms with Gasteiger partial charge in [0, 0.05) is 17.3 Å². The van der Waals surface area contributed by atoms with Crippen LogP contribution in [0.3, 0.4) is 0 Å². The molecule has 0 aliphatic heterocycles. The van der Waals surface area contributed by atoms with Crippen LogP contribution in [-0.2, 0) is 11.4 Å². The summed E-state index contributed by atoms with van der Waals surface area (Å²) in [6.45, 7) is 0.116. The van der Waals surface area contributed by atoms with Crippen molar-refractivity contribution in [3.63, 3.8) is 0 Å². The lowest BCUT2D eigenvalue weighted by Gasteiger charge is -2.09. The number of para-hydroxylation sites is 1. The molecule has 0 spiro atoms. The number of halogens is 1. The average Bonchev–Trinajstić information content (AvgIpc) is 2.71. The van der Waals surface area contributed by atoms with E-state index in [1.54, 1.807) is 42.6 Å². The second-order valence-electron chi connectivity index (χ2n) is 5.74. The first-order chi connectivity index (χ1) is 13.2. The van der Waals surface area contributed by atoms with Gasteiger partial charge in [-0.2, -0.15) is 0 Å². The second-order valence-corrected chi connectivity index (χ2v) is 5.74. The average molecular weight is 359 g/mol. The Labute approximate surface area is 157 Å². The fourth-order valence-corrected chi connectivity index (χ4v) is 2.39. The Kier molecular flexibility index (Phi) is 6.26. The minimum atomic E-state index is -0.305. The molecule has 0 bridgehead atoms. The number of pyridine rings is 1. The molecular formula is C23H18FNO2. The lowest BCUT2D eigenvalue weighted by molar-refractivity contribution is -0.110. The van der Waals surface area contributed by atoms with Crippen molar-refractivity contribution in [2.24, 2.45) is 0 Å². The quantitative estimate of drug-likeness (QED) is 0.551. The Hall–Kier alpha value is -3.53. The zero-order chi connectivity index (χ0) is 18.9. The smallest absolute Gasteiger partial charge is 0.178 e. The molecule has 0 unspecified atom stereocenters. The third kappa shape index (κ3) is 5.47. The number of allylic oxidation sites excluding steroid dienone is 2. The van der Waals surface area contributed by atoms with Gasteiger partial charge in [-0.25, -0.2) is 4.39 Å². The highest BCUT2D eigenvalue weighted by molar-refractivity contribution is 6.04. The molecule has 3 aromatic rings. The van der Waals surface area contributed by atoms with Gasteiger partial charge in [0.25, 0.3) is 0 Å². The van der Waals surface area contributed by atoms with Crippen LogP contribution in [0.15, 0.2) is 85.1 Å². The third-order valence-electron chi connectivity index (χ3n) is 3.79. The van der Waals surface area contributed by atoms with Crippen LogP contribution in [0.25, 0.3) is 12.2 Å². The maximum Gasteiger partial charge on any atom is 0.178 e. The maximum absolute atomic E-state index is 13.7. The van der Waals surface area contributed by atoms with Crippen molar-refractivity contribution < 1.29 is 13.9 Å². The van der Waals surface area contributed by atoms with Crippen LogP contribution >= 0.6 is 0 Å². The summed E-state index contributed by atoms with van der Waals surface area (Å²) in [6.07, 6.45) is 7.94. The van der Waals surface area contributed by atoms with Crippen molar-refractivity contribution in [3.05, 3.63) is 108 Å². The third-order valence-corrected chi connectivity index (χ3v) is 3.79. The van der Waals surface area contributed by atoms with Gasteiger partial charge in [-0.15, -0.1) is 0 Å². The van der Waals surface area contributed by atoms with Crippen molar-refractivity contribution in [3.8, 4) is 5.75 Å². The molecule has 0 amide bonds. The van der Waals surface area contributed by atoms with Crippen LogP contribution in [0, 0.1) is 5.82 Å². The number of hydrogen-bond donors (Lipinski definition) is 0. The number of ketones is 1. The Morgan fingerprint density at radius 2 is 1.67 bits per heavy atom. The number of carbonyl (C=O) groups is 1. The van der Waals surface area contributed by atoms with Gasteiger partial charge in [0.1, 0.15) is 18.2 Å². The molecule has 0 saturated carbocycles. The fourth-order valence-electron chi connectivity index (χ4n) is 2.39. The number of carbonyl (C=O) groups excluding carboxylic acids is 1. The number of hydrogen-bond acceptors (Lipinski definition) is 3. The van der Waals surface area contributed by atoms with Crippen LogP contribution in [-0.4, -0.2) is 10.8 Å². The van der Waals surface area contributed by atoms with Crippen molar-refractivity contribution >= 4 is 17.9 Å². The monoisotopic (exact) mass is 359 g/mol. The minimum absolute atomic E-state index is 0.116. The van der Waals surface area contributed by atoms with Crippen LogP contribution < -0.4 is 4.74 Å². The molecule has 2 aromatic carbocycles. The summed E-state index contributed by atoms with van der Waals surface area (Å²) in [5.74, 6) is 0.114. The number of rotatable bonds is 7. The van der Waals surface area contributed by atoms with Crippen LogP contribution in [0.1, 0.15) is 16.8 Å². The molecule has 1 aromatic heterocycles. The zero-order valence-electron chi connectivity index (χ0n) is 14.6. The molecule has 0 aliphatic carbocycles. The SMILES string of the molecule is O=C(C=Cc1ccccn1)C=Cc1ccccc1OCc1ccccc1F. The molecule has 3 nitrogen and oxygen atoms in total. The highest BCUT2D eigenvalue weighted by Gasteiger charge is 2.04. The molecule has 0 radical (unpaired) electrons. The van der Waals surface area contributed by atoms with E-state index >= 15 is 0 Å². The molecule has 0 N–H and O–H groups in total. The van der Waals surface area contributed by atoms with Gasteiger partial charge in [-0.1, -0.05) is 42.5 Å². The molecule has 27 heavy (non-hydrogen) atoms. The lowest BCUT2D eigenvalue weighted by Crippen LogP contribution is -1.99. The van der Waals surface area contributed by atoms with Crippen LogP contribution in [0.5, 0.6) is 5.75 Å². The second kappa shape index (κ2) is 9.25. The Morgan fingerprint density at radius 3 is 2.48 bits per heavy atom. The van der Waals surface area contributed by atoms with Crippen LogP contribution in [0.2, 0.25) is 0 Å². The van der Waals surface area contributed by atoms with E-state index in [1.165, 1.54) is 18.2 Å². The zero-order valence-corrected chi connectivity index (χ0v) is 14.6. The number of nitrogens with zero attached hydrogens (tertiary/aromatic N) is 1. The fraction of sp³-hybridized carbons (Fsp3) is 0.0435. The largest absolute Gasteiger partial charge is 0.488 e. The summed E-state index contributed by atoms with van der Waals surface area (Å²) in [6, 6.07) is 19.3.